The zero-order valence-electron chi connectivity index (χ0n) is 12.3. The molecule has 21 heavy (non-hydrogen) atoms. The molecule has 0 fully saturated rings. The molecule has 0 aliphatic heterocycles. The lowest BCUT2D eigenvalue weighted by Crippen LogP contribution is -2.15. The van der Waals surface area contributed by atoms with E-state index in [1.165, 1.54) is 0 Å². The van der Waals surface area contributed by atoms with E-state index in [-0.39, 0.29) is 12.3 Å². The van der Waals surface area contributed by atoms with Crippen molar-refractivity contribution >= 4 is 11.6 Å². The number of carbonyl (C=O) groups is 1. The highest BCUT2D eigenvalue weighted by Crippen LogP contribution is 2.25. The van der Waals surface area contributed by atoms with Crippen LogP contribution in [0.25, 0.3) is 0 Å². The summed E-state index contributed by atoms with van der Waals surface area (Å²) in [5, 5.41) is 2.83. The highest BCUT2D eigenvalue weighted by molar-refractivity contribution is 5.90. The van der Waals surface area contributed by atoms with Crippen LogP contribution in [0.5, 0.6) is 11.5 Å². The first-order valence-corrected chi connectivity index (χ1v) is 6.81. The zero-order valence-corrected chi connectivity index (χ0v) is 12.3. The molecule has 0 aliphatic carbocycles. The van der Waals surface area contributed by atoms with Crippen LogP contribution in [-0.4, -0.2) is 19.6 Å². The molecule has 0 saturated carbocycles. The van der Waals surface area contributed by atoms with Crippen LogP contribution in [0.4, 0.5) is 5.69 Å². The lowest BCUT2D eigenvalue weighted by atomic mass is 10.2. The molecule has 4 heteroatoms. The minimum Gasteiger partial charge on any atom is -0.493 e. The number of carbonyl (C=O) groups excluding carboxylic acids is 1. The number of hydrogen-bond acceptors (Lipinski definition) is 3. The fourth-order valence-electron chi connectivity index (χ4n) is 1.85. The van der Waals surface area contributed by atoms with Gasteiger partial charge in [-0.2, -0.15) is 0 Å². The summed E-state index contributed by atoms with van der Waals surface area (Å²) in [7, 11) is 1.59. The summed E-state index contributed by atoms with van der Waals surface area (Å²) in [5.74, 6) is 1.23. The molecule has 0 atom stereocenters. The van der Waals surface area contributed by atoms with Crippen molar-refractivity contribution in [1.82, 2.24) is 0 Å². The normalized spacial score (nSPS) is 10.0. The number of amides is 1. The molecule has 0 radical (unpaired) electrons. The maximum atomic E-state index is 11.8. The minimum atomic E-state index is -0.0752. The van der Waals surface area contributed by atoms with Crippen LogP contribution < -0.4 is 14.8 Å². The summed E-state index contributed by atoms with van der Waals surface area (Å²) in [5.41, 5.74) is 1.95. The molecule has 0 spiro atoms. The van der Waals surface area contributed by atoms with E-state index < -0.39 is 0 Å². The molecule has 0 unspecified atom stereocenters. The van der Waals surface area contributed by atoms with Crippen molar-refractivity contribution in [2.75, 3.05) is 19.0 Å². The lowest BCUT2D eigenvalue weighted by Gasteiger charge is -2.10. The predicted octanol–water partition coefficient (Wildman–Crippen LogP) is 3.41. The number of nitrogens with one attached hydrogen (secondary N) is 1. The van der Waals surface area contributed by atoms with Gasteiger partial charge in [0.15, 0.2) is 11.5 Å². The molecule has 4 nitrogen and oxygen atoms in total. The lowest BCUT2D eigenvalue weighted by molar-refractivity contribution is -0.116. The second kappa shape index (κ2) is 7.33. The molecule has 0 heterocycles. The number of benzene rings is 2. The van der Waals surface area contributed by atoms with Gasteiger partial charge < -0.3 is 14.8 Å². The number of aryl methyl sites for hydroxylation is 1. The van der Waals surface area contributed by atoms with Gasteiger partial charge in [-0.1, -0.05) is 29.8 Å². The third-order valence-corrected chi connectivity index (χ3v) is 2.99. The number of anilines is 1. The molecule has 1 amide bonds. The Balaban J connectivity index is 1.80. The van der Waals surface area contributed by atoms with Crippen molar-refractivity contribution in [1.29, 1.82) is 0 Å². The van der Waals surface area contributed by atoms with E-state index in [0.29, 0.717) is 18.1 Å². The van der Waals surface area contributed by atoms with Crippen LogP contribution in [0, 0.1) is 6.92 Å². The van der Waals surface area contributed by atoms with Gasteiger partial charge in [-0.3, -0.25) is 4.79 Å². The largest absolute Gasteiger partial charge is 0.493 e. The van der Waals surface area contributed by atoms with Crippen molar-refractivity contribution in [3.8, 4) is 11.5 Å². The summed E-state index contributed by atoms with van der Waals surface area (Å²) in [6.45, 7) is 2.31. The van der Waals surface area contributed by atoms with Crippen LogP contribution in [0.1, 0.15) is 12.0 Å². The number of rotatable bonds is 6. The SMILES string of the molecule is COc1ccccc1OCCC(=O)Nc1ccc(C)cc1. The van der Waals surface area contributed by atoms with Crippen molar-refractivity contribution < 1.29 is 14.3 Å². The second-order valence-electron chi connectivity index (χ2n) is 4.66. The molecule has 0 aliphatic rings. The fraction of sp³-hybridized carbons (Fsp3) is 0.235. The molecule has 1 N–H and O–H groups in total. The molecule has 2 aromatic rings. The van der Waals surface area contributed by atoms with Crippen molar-refractivity contribution in [3.05, 3.63) is 54.1 Å². The van der Waals surface area contributed by atoms with Gasteiger partial charge in [0.1, 0.15) is 0 Å². The zero-order chi connectivity index (χ0) is 15.1. The van der Waals surface area contributed by atoms with Gasteiger partial charge in [0, 0.05) is 5.69 Å². The first kappa shape index (κ1) is 14.9. The first-order chi connectivity index (χ1) is 10.2. The molecule has 110 valence electrons. The number of methoxy groups -OCH3 is 1. The molecule has 2 rings (SSSR count). The smallest absolute Gasteiger partial charge is 0.227 e. The maximum Gasteiger partial charge on any atom is 0.227 e. The second-order valence-corrected chi connectivity index (χ2v) is 4.66. The van der Waals surface area contributed by atoms with Crippen molar-refractivity contribution in [3.63, 3.8) is 0 Å². The summed E-state index contributed by atoms with van der Waals surface area (Å²) in [4.78, 5) is 11.8. The van der Waals surface area contributed by atoms with E-state index >= 15 is 0 Å². The summed E-state index contributed by atoms with van der Waals surface area (Å²) in [6.07, 6.45) is 0.284. The van der Waals surface area contributed by atoms with Gasteiger partial charge in [-0.05, 0) is 31.2 Å². The van der Waals surface area contributed by atoms with Gasteiger partial charge >= 0.3 is 0 Å². The third kappa shape index (κ3) is 4.53. The van der Waals surface area contributed by atoms with Crippen LogP contribution in [0.15, 0.2) is 48.5 Å². The van der Waals surface area contributed by atoms with E-state index in [1.54, 1.807) is 7.11 Å². The Labute approximate surface area is 124 Å². The third-order valence-electron chi connectivity index (χ3n) is 2.99. The quantitative estimate of drug-likeness (QED) is 0.884. The van der Waals surface area contributed by atoms with Gasteiger partial charge in [-0.15, -0.1) is 0 Å². The average molecular weight is 285 g/mol. The number of para-hydroxylation sites is 2. The van der Waals surface area contributed by atoms with Crippen LogP contribution >= 0.6 is 0 Å². The monoisotopic (exact) mass is 285 g/mol. The molecular weight excluding hydrogens is 266 g/mol. The Morgan fingerprint density at radius 1 is 1.05 bits per heavy atom. The minimum absolute atomic E-state index is 0.0752. The van der Waals surface area contributed by atoms with E-state index in [4.69, 9.17) is 9.47 Å². The Morgan fingerprint density at radius 2 is 1.71 bits per heavy atom. The molecule has 0 bridgehead atoms. The van der Waals surface area contributed by atoms with E-state index in [9.17, 15) is 4.79 Å². The summed E-state index contributed by atoms with van der Waals surface area (Å²) < 4.78 is 10.8. The van der Waals surface area contributed by atoms with Crippen LogP contribution in [0.3, 0.4) is 0 Å². The topological polar surface area (TPSA) is 47.6 Å². The van der Waals surface area contributed by atoms with Gasteiger partial charge in [0.2, 0.25) is 5.91 Å². The molecule has 0 saturated heterocycles. The van der Waals surface area contributed by atoms with E-state index in [2.05, 4.69) is 5.32 Å². The number of ether oxygens (including phenoxy) is 2. The molecule has 0 aromatic heterocycles. The van der Waals surface area contributed by atoms with Crippen molar-refractivity contribution in [2.45, 2.75) is 13.3 Å². The van der Waals surface area contributed by atoms with Gasteiger partial charge in [0.25, 0.3) is 0 Å². The Kier molecular flexibility index (Phi) is 5.21. The highest BCUT2D eigenvalue weighted by atomic mass is 16.5. The van der Waals surface area contributed by atoms with Gasteiger partial charge in [-0.25, -0.2) is 0 Å². The molecule has 2 aromatic carbocycles. The standard InChI is InChI=1S/C17H19NO3/c1-13-7-9-14(10-8-13)18-17(19)11-12-21-16-6-4-3-5-15(16)20-2/h3-10H,11-12H2,1-2H3,(H,18,19). The Morgan fingerprint density at radius 3 is 2.38 bits per heavy atom. The van der Waals surface area contributed by atoms with Crippen LogP contribution in [0.2, 0.25) is 0 Å². The van der Waals surface area contributed by atoms with E-state index in [1.807, 2.05) is 55.5 Å². The fourth-order valence-corrected chi connectivity index (χ4v) is 1.85. The van der Waals surface area contributed by atoms with Crippen LogP contribution in [-0.2, 0) is 4.79 Å². The first-order valence-electron chi connectivity index (χ1n) is 6.81. The number of hydrogen-bond donors (Lipinski definition) is 1. The summed E-state index contributed by atoms with van der Waals surface area (Å²) >= 11 is 0. The Bertz CT molecular complexity index is 593. The Hall–Kier alpha value is -2.49. The predicted molar refractivity (Wildman–Crippen MR) is 82.9 cm³/mol. The molecular formula is C17H19NO3. The summed E-state index contributed by atoms with van der Waals surface area (Å²) in [6, 6.07) is 15.1. The van der Waals surface area contributed by atoms with Crippen molar-refractivity contribution in [2.24, 2.45) is 0 Å². The maximum absolute atomic E-state index is 11.8. The van der Waals surface area contributed by atoms with Gasteiger partial charge in [0.05, 0.1) is 20.1 Å². The average Bonchev–Trinajstić information content (AvgIpc) is 2.50. The highest BCUT2D eigenvalue weighted by Gasteiger charge is 2.05. The van der Waals surface area contributed by atoms with E-state index in [0.717, 1.165) is 11.3 Å².